The van der Waals surface area contributed by atoms with Crippen LogP contribution < -0.4 is 0 Å². The van der Waals surface area contributed by atoms with Crippen molar-refractivity contribution in [2.24, 2.45) is 0 Å². The Hall–Kier alpha value is -2.16. The molecule has 1 heterocycles. The maximum absolute atomic E-state index is 12.5. The smallest absolute Gasteiger partial charge is 0.505 e. The highest BCUT2D eigenvalue weighted by molar-refractivity contribution is 6.36. The van der Waals surface area contributed by atoms with E-state index in [1.54, 1.807) is 0 Å². The van der Waals surface area contributed by atoms with Crippen LogP contribution in [0.1, 0.15) is 16.8 Å². The van der Waals surface area contributed by atoms with Gasteiger partial charge in [0.1, 0.15) is 11.5 Å². The van der Waals surface area contributed by atoms with Crippen molar-refractivity contribution < 1.29 is 26.5 Å². The van der Waals surface area contributed by atoms with E-state index >= 15 is 0 Å². The second-order valence-corrected chi connectivity index (χ2v) is 4.55. The van der Waals surface area contributed by atoms with E-state index in [0.717, 1.165) is 30.3 Å². The van der Waals surface area contributed by atoms with Gasteiger partial charge in [0.05, 0.1) is 5.56 Å². The number of hydrogen-bond donors (Lipinski definition) is 0. The Balaban J connectivity index is 2.41. The summed E-state index contributed by atoms with van der Waals surface area (Å²) in [5.74, 6) is -0.379. The zero-order chi connectivity index (χ0) is 17.0. The molecule has 120 valence electrons. The van der Waals surface area contributed by atoms with Gasteiger partial charge in [0.2, 0.25) is 0 Å². The summed E-state index contributed by atoms with van der Waals surface area (Å²) < 4.78 is 67.0. The van der Waals surface area contributed by atoms with Gasteiger partial charge in [-0.3, -0.25) is 4.98 Å². The van der Waals surface area contributed by atoms with Gasteiger partial charge >= 0.3 is 13.6 Å². The molecular formula is C13H7BClF5N2O. The highest BCUT2D eigenvalue weighted by atomic mass is 35.5. The van der Waals surface area contributed by atoms with Crippen molar-refractivity contribution in [1.29, 1.82) is 0 Å². The Morgan fingerprint density at radius 3 is 2.22 bits per heavy atom. The van der Waals surface area contributed by atoms with Crippen molar-refractivity contribution in [3.05, 3.63) is 58.6 Å². The number of halogens is 6. The Labute approximate surface area is 133 Å². The highest BCUT2D eigenvalue weighted by Gasteiger charge is 2.30. The van der Waals surface area contributed by atoms with E-state index in [2.05, 4.69) is 14.6 Å². The summed E-state index contributed by atoms with van der Waals surface area (Å²) in [7, 11) is -3.17. The lowest BCUT2D eigenvalue weighted by Gasteiger charge is -2.11. The predicted molar refractivity (Wildman–Crippen MR) is 75.4 cm³/mol. The van der Waals surface area contributed by atoms with Gasteiger partial charge in [-0.25, -0.2) is 13.6 Å². The van der Waals surface area contributed by atoms with Crippen LogP contribution in [0.5, 0.6) is 0 Å². The van der Waals surface area contributed by atoms with Crippen LogP contribution >= 0.6 is 11.6 Å². The Morgan fingerprint density at radius 2 is 1.70 bits per heavy atom. The van der Waals surface area contributed by atoms with E-state index in [0.29, 0.717) is 0 Å². The summed E-state index contributed by atoms with van der Waals surface area (Å²) in [5, 5.41) is -0.0604. The maximum Gasteiger partial charge on any atom is 0.796 e. The van der Waals surface area contributed by atoms with Gasteiger partial charge in [0.25, 0.3) is 0 Å². The summed E-state index contributed by atoms with van der Waals surface area (Å²) in [4.78, 5) is 7.55. The Morgan fingerprint density at radius 1 is 1.09 bits per heavy atom. The topological polar surface area (TPSA) is 35.0 Å². The van der Waals surface area contributed by atoms with Crippen LogP contribution in [0, 0.1) is 0 Å². The molecule has 23 heavy (non-hydrogen) atoms. The summed E-state index contributed by atoms with van der Waals surface area (Å²) in [6, 6.07) is 3.55. The molecule has 0 spiro atoms. The fourth-order valence-electron chi connectivity index (χ4n) is 1.66. The van der Waals surface area contributed by atoms with Gasteiger partial charge in [0, 0.05) is 24.0 Å². The summed E-state index contributed by atoms with van der Waals surface area (Å²) in [5.41, 5.74) is -0.847. The minimum Gasteiger partial charge on any atom is -0.505 e. The van der Waals surface area contributed by atoms with Gasteiger partial charge in [-0.15, -0.1) is 0 Å². The molecule has 0 atom stereocenters. The molecule has 0 saturated heterocycles. The molecule has 1 aromatic heterocycles. The van der Waals surface area contributed by atoms with Crippen molar-refractivity contribution in [1.82, 2.24) is 9.97 Å². The number of aromatic nitrogens is 2. The van der Waals surface area contributed by atoms with Gasteiger partial charge in [-0.05, 0) is 12.1 Å². The second kappa shape index (κ2) is 6.95. The number of hydrogen-bond acceptors (Lipinski definition) is 3. The third-order valence-electron chi connectivity index (χ3n) is 2.66. The first-order chi connectivity index (χ1) is 10.8. The predicted octanol–water partition coefficient (Wildman–Crippen LogP) is 4.59. The van der Waals surface area contributed by atoms with Crippen LogP contribution in [-0.4, -0.2) is 17.4 Å². The summed E-state index contributed by atoms with van der Waals surface area (Å²) in [6.45, 7) is 0. The SMILES string of the molecule is FB(F)O/C(=C\c1nccnc1Cl)c1ccc(C(F)(F)F)cc1. The van der Waals surface area contributed by atoms with Gasteiger partial charge < -0.3 is 4.65 Å². The molecule has 10 heteroatoms. The number of nitrogens with zero attached hydrogens (tertiary/aromatic N) is 2. The van der Waals surface area contributed by atoms with Crippen molar-refractivity contribution in [3.8, 4) is 0 Å². The Bertz CT molecular complexity index is 706. The molecule has 1 aromatic carbocycles. The lowest BCUT2D eigenvalue weighted by Crippen LogP contribution is -2.07. The lowest BCUT2D eigenvalue weighted by molar-refractivity contribution is -0.137. The average molecular weight is 348 g/mol. The van der Waals surface area contributed by atoms with E-state index in [4.69, 9.17) is 11.6 Å². The normalized spacial score (nSPS) is 12.2. The minimum absolute atomic E-state index is 0.0139. The molecule has 0 bridgehead atoms. The number of benzene rings is 1. The van der Waals surface area contributed by atoms with E-state index in [1.165, 1.54) is 12.4 Å². The van der Waals surface area contributed by atoms with Crippen LogP contribution in [0.2, 0.25) is 5.15 Å². The van der Waals surface area contributed by atoms with E-state index in [1.807, 2.05) is 0 Å². The molecule has 0 aliphatic rings. The second-order valence-electron chi connectivity index (χ2n) is 4.19. The fourth-order valence-corrected chi connectivity index (χ4v) is 1.82. The van der Waals surface area contributed by atoms with Crippen molar-refractivity contribution in [3.63, 3.8) is 0 Å². The van der Waals surface area contributed by atoms with E-state index in [-0.39, 0.29) is 22.2 Å². The van der Waals surface area contributed by atoms with Gasteiger partial charge in [0.15, 0.2) is 5.15 Å². The average Bonchev–Trinajstić information content (AvgIpc) is 2.47. The Kier molecular flexibility index (Phi) is 5.20. The molecule has 0 aliphatic heterocycles. The fraction of sp³-hybridized carbons (Fsp3) is 0.0769. The van der Waals surface area contributed by atoms with Crippen LogP contribution in [0.25, 0.3) is 11.8 Å². The molecule has 0 radical (unpaired) electrons. The zero-order valence-corrected chi connectivity index (χ0v) is 11.9. The van der Waals surface area contributed by atoms with Crippen molar-refractivity contribution in [2.45, 2.75) is 6.18 Å². The van der Waals surface area contributed by atoms with Gasteiger partial charge in [-0.1, -0.05) is 23.7 Å². The largest absolute Gasteiger partial charge is 0.796 e. The standard InChI is InChI=1S/C13H7BClF5N2O/c15-12-10(21-5-6-22-12)7-11(23-14(19)20)8-1-3-9(4-2-8)13(16,17)18/h1-7H/b11-7-. The molecule has 0 N–H and O–H groups in total. The third-order valence-corrected chi connectivity index (χ3v) is 2.95. The zero-order valence-electron chi connectivity index (χ0n) is 11.2. The van der Waals surface area contributed by atoms with Crippen molar-refractivity contribution >= 4 is 30.9 Å². The molecule has 0 fully saturated rings. The van der Waals surface area contributed by atoms with Crippen molar-refractivity contribution in [2.75, 3.05) is 0 Å². The maximum atomic E-state index is 12.5. The molecule has 0 saturated carbocycles. The molecule has 0 amide bonds. The minimum atomic E-state index is -4.53. The number of rotatable bonds is 4. The third kappa shape index (κ3) is 4.66. The van der Waals surface area contributed by atoms with Crippen LogP contribution in [0.4, 0.5) is 21.8 Å². The monoisotopic (exact) mass is 348 g/mol. The molecular weight excluding hydrogens is 341 g/mol. The quantitative estimate of drug-likeness (QED) is 0.461. The first kappa shape index (κ1) is 17.2. The van der Waals surface area contributed by atoms with Crippen LogP contribution in [0.15, 0.2) is 36.7 Å². The van der Waals surface area contributed by atoms with E-state index < -0.39 is 19.2 Å². The first-order valence-corrected chi connectivity index (χ1v) is 6.46. The highest BCUT2D eigenvalue weighted by Crippen LogP contribution is 2.31. The molecule has 0 aliphatic carbocycles. The van der Waals surface area contributed by atoms with Crippen LogP contribution in [0.3, 0.4) is 0 Å². The van der Waals surface area contributed by atoms with Crippen LogP contribution in [-0.2, 0) is 10.8 Å². The molecule has 2 aromatic rings. The van der Waals surface area contributed by atoms with E-state index in [9.17, 15) is 21.8 Å². The first-order valence-electron chi connectivity index (χ1n) is 6.08. The summed E-state index contributed by atoms with van der Waals surface area (Å²) >= 11 is 5.77. The lowest BCUT2D eigenvalue weighted by atomic mass is 10.1. The summed E-state index contributed by atoms with van der Waals surface area (Å²) in [6.07, 6.45) is -0.875. The molecule has 3 nitrogen and oxygen atoms in total. The molecule has 0 unspecified atom stereocenters. The molecule has 2 rings (SSSR count). The van der Waals surface area contributed by atoms with Gasteiger partial charge in [-0.2, -0.15) is 13.2 Å². The number of alkyl halides is 3.